The molecule has 5 heteroatoms. The van der Waals surface area contributed by atoms with E-state index < -0.39 is 0 Å². The molecule has 2 rings (SSSR count). The minimum absolute atomic E-state index is 0.0395. The molecule has 0 saturated heterocycles. The summed E-state index contributed by atoms with van der Waals surface area (Å²) >= 11 is 0. The summed E-state index contributed by atoms with van der Waals surface area (Å²) < 4.78 is 5.80. The van der Waals surface area contributed by atoms with E-state index in [1.165, 1.54) is 0 Å². The highest BCUT2D eigenvalue weighted by Gasteiger charge is 2.09. The van der Waals surface area contributed by atoms with Crippen LogP contribution in [-0.4, -0.2) is 30.4 Å². The van der Waals surface area contributed by atoms with E-state index in [9.17, 15) is 9.90 Å². The number of hydrogen-bond acceptors (Lipinski definition) is 4. The predicted octanol–water partition coefficient (Wildman–Crippen LogP) is 3.74. The highest BCUT2D eigenvalue weighted by Crippen LogP contribution is 2.25. The molecule has 0 bridgehead atoms. The maximum atomic E-state index is 11.3. The van der Waals surface area contributed by atoms with Crippen LogP contribution in [0.5, 0.6) is 5.75 Å². The van der Waals surface area contributed by atoms with E-state index in [0.717, 1.165) is 5.56 Å². The van der Waals surface area contributed by atoms with Crippen LogP contribution in [0.4, 0.5) is 0 Å². The van der Waals surface area contributed by atoms with Gasteiger partial charge in [-0.25, -0.2) is 0 Å². The second-order valence-corrected chi connectivity index (χ2v) is 6.01. The Morgan fingerprint density at radius 3 is 2.48 bits per heavy atom. The standard InChI is InChI=1S/C22H24N2O3/c1-15(19-6-4-5-7-20(19)26)14-21(22(23)24-3)27-13-12-17-8-10-18(11-9-17)16(2)25/h4-11,14,26H,1,12-13H2,2-3H3,(H2,23,24)/b21-14+. The first-order valence-corrected chi connectivity index (χ1v) is 8.56. The minimum atomic E-state index is 0.0395. The number of Topliss-reactive ketones (excluding diaryl/α,β-unsaturated/α-hetero) is 1. The average molecular weight is 364 g/mol. The fourth-order valence-electron chi connectivity index (χ4n) is 2.47. The monoisotopic (exact) mass is 364 g/mol. The van der Waals surface area contributed by atoms with Gasteiger partial charge in [-0.1, -0.05) is 49.0 Å². The number of phenolic OH excluding ortho intramolecular Hbond substituents is 1. The predicted molar refractivity (Wildman–Crippen MR) is 109 cm³/mol. The molecule has 140 valence electrons. The number of ether oxygens (including phenoxy) is 1. The van der Waals surface area contributed by atoms with Gasteiger partial charge in [-0.05, 0) is 30.2 Å². The number of allylic oxidation sites excluding steroid dienone is 2. The summed E-state index contributed by atoms with van der Waals surface area (Å²) in [5, 5.41) is 9.96. The van der Waals surface area contributed by atoms with Crippen LogP contribution in [0.3, 0.4) is 0 Å². The molecule has 0 aliphatic rings. The van der Waals surface area contributed by atoms with Crippen molar-refractivity contribution in [2.45, 2.75) is 13.3 Å². The zero-order valence-electron chi connectivity index (χ0n) is 15.6. The van der Waals surface area contributed by atoms with E-state index in [0.29, 0.717) is 35.5 Å². The second kappa shape index (κ2) is 9.38. The van der Waals surface area contributed by atoms with Gasteiger partial charge in [0.25, 0.3) is 0 Å². The van der Waals surface area contributed by atoms with Gasteiger partial charge < -0.3 is 15.6 Å². The highest BCUT2D eigenvalue weighted by molar-refractivity contribution is 5.97. The van der Waals surface area contributed by atoms with Crippen molar-refractivity contribution in [1.82, 2.24) is 0 Å². The number of amidine groups is 1. The van der Waals surface area contributed by atoms with Crippen LogP contribution < -0.4 is 5.73 Å². The van der Waals surface area contributed by atoms with Gasteiger partial charge in [-0.2, -0.15) is 0 Å². The van der Waals surface area contributed by atoms with Gasteiger partial charge in [0.1, 0.15) is 5.75 Å². The third kappa shape index (κ3) is 5.57. The Bertz CT molecular complexity index is 881. The largest absolute Gasteiger partial charge is 0.507 e. The van der Waals surface area contributed by atoms with E-state index in [4.69, 9.17) is 10.5 Å². The summed E-state index contributed by atoms with van der Waals surface area (Å²) in [7, 11) is 1.58. The fourth-order valence-corrected chi connectivity index (χ4v) is 2.47. The van der Waals surface area contributed by atoms with Crippen molar-refractivity contribution in [3.05, 3.63) is 83.6 Å². The number of nitrogens with two attached hydrogens (primary N) is 1. The van der Waals surface area contributed by atoms with Crippen LogP contribution in [-0.2, 0) is 11.2 Å². The zero-order valence-corrected chi connectivity index (χ0v) is 15.6. The number of rotatable bonds is 8. The maximum absolute atomic E-state index is 11.3. The minimum Gasteiger partial charge on any atom is -0.507 e. The van der Waals surface area contributed by atoms with Gasteiger partial charge in [0.15, 0.2) is 17.4 Å². The van der Waals surface area contributed by atoms with Crippen molar-refractivity contribution in [2.24, 2.45) is 10.7 Å². The molecular formula is C22H24N2O3. The number of aliphatic imine (C=N–C) groups is 1. The molecule has 0 saturated carbocycles. The molecule has 0 unspecified atom stereocenters. The van der Waals surface area contributed by atoms with Crippen LogP contribution in [0.2, 0.25) is 0 Å². The van der Waals surface area contributed by atoms with Crippen LogP contribution in [0.1, 0.15) is 28.4 Å². The Hall–Kier alpha value is -3.34. The molecule has 0 atom stereocenters. The molecule has 27 heavy (non-hydrogen) atoms. The number of nitrogens with zero attached hydrogens (tertiary/aromatic N) is 1. The molecule has 3 N–H and O–H groups in total. The number of ketones is 1. The third-order valence-corrected chi connectivity index (χ3v) is 4.06. The lowest BCUT2D eigenvalue weighted by molar-refractivity contribution is 0.101. The van der Waals surface area contributed by atoms with Crippen molar-refractivity contribution < 1.29 is 14.6 Å². The van der Waals surface area contributed by atoms with Gasteiger partial charge in [0.05, 0.1) is 6.61 Å². The van der Waals surface area contributed by atoms with Gasteiger partial charge in [-0.3, -0.25) is 9.79 Å². The number of aromatic hydroxyl groups is 1. The second-order valence-electron chi connectivity index (χ2n) is 6.01. The smallest absolute Gasteiger partial charge is 0.161 e. The number of carbonyl (C=O) groups is 1. The SMILES string of the molecule is C=C(/C=C(/OCCc1ccc(C(C)=O)cc1)C(N)=NC)c1ccccc1O. The molecule has 5 nitrogen and oxygen atoms in total. The van der Waals surface area contributed by atoms with Crippen molar-refractivity contribution in [3.8, 4) is 5.75 Å². The fraction of sp³-hybridized carbons (Fsp3) is 0.182. The van der Waals surface area contributed by atoms with Crippen molar-refractivity contribution in [1.29, 1.82) is 0 Å². The van der Waals surface area contributed by atoms with E-state index >= 15 is 0 Å². The molecule has 0 aromatic heterocycles. The first-order chi connectivity index (χ1) is 12.9. The van der Waals surface area contributed by atoms with E-state index in [-0.39, 0.29) is 17.4 Å². The number of carbonyl (C=O) groups excluding carboxylic acids is 1. The summed E-state index contributed by atoms with van der Waals surface area (Å²) in [5.74, 6) is 0.818. The molecule has 0 fully saturated rings. The van der Waals surface area contributed by atoms with E-state index in [1.54, 1.807) is 50.4 Å². The Balaban J connectivity index is 2.07. The molecule has 2 aromatic carbocycles. The van der Waals surface area contributed by atoms with Crippen molar-refractivity contribution >= 4 is 17.2 Å². The Morgan fingerprint density at radius 2 is 1.89 bits per heavy atom. The topological polar surface area (TPSA) is 84.9 Å². The van der Waals surface area contributed by atoms with Gasteiger partial charge in [-0.15, -0.1) is 0 Å². The van der Waals surface area contributed by atoms with Crippen LogP contribution in [0, 0.1) is 0 Å². The molecule has 0 amide bonds. The maximum Gasteiger partial charge on any atom is 0.161 e. The number of phenols is 1. The van der Waals surface area contributed by atoms with E-state index in [2.05, 4.69) is 11.6 Å². The number of para-hydroxylation sites is 1. The quantitative estimate of drug-likeness (QED) is 0.246. The molecular weight excluding hydrogens is 340 g/mol. The van der Waals surface area contributed by atoms with Crippen LogP contribution >= 0.6 is 0 Å². The summed E-state index contributed by atoms with van der Waals surface area (Å²) in [6.45, 7) is 5.90. The summed E-state index contributed by atoms with van der Waals surface area (Å²) in [5.41, 5.74) is 8.83. The van der Waals surface area contributed by atoms with Crippen molar-refractivity contribution in [3.63, 3.8) is 0 Å². The lowest BCUT2D eigenvalue weighted by Crippen LogP contribution is -2.18. The molecule has 0 radical (unpaired) electrons. The first-order valence-electron chi connectivity index (χ1n) is 8.56. The lowest BCUT2D eigenvalue weighted by atomic mass is 10.1. The molecule has 0 aliphatic heterocycles. The Kier molecular flexibility index (Phi) is 6.94. The van der Waals surface area contributed by atoms with E-state index in [1.807, 2.05) is 18.2 Å². The number of hydrogen-bond donors (Lipinski definition) is 2. The number of benzene rings is 2. The summed E-state index contributed by atoms with van der Waals surface area (Å²) in [6, 6.07) is 14.3. The molecule has 2 aromatic rings. The third-order valence-electron chi connectivity index (χ3n) is 4.06. The van der Waals surface area contributed by atoms with Crippen molar-refractivity contribution in [2.75, 3.05) is 13.7 Å². The van der Waals surface area contributed by atoms with Gasteiger partial charge in [0, 0.05) is 24.6 Å². The Labute approximate surface area is 159 Å². The lowest BCUT2D eigenvalue weighted by Gasteiger charge is -2.12. The van der Waals surface area contributed by atoms with Crippen LogP contribution in [0.15, 0.2) is 71.9 Å². The van der Waals surface area contributed by atoms with Crippen LogP contribution in [0.25, 0.3) is 5.57 Å². The Morgan fingerprint density at radius 1 is 1.22 bits per heavy atom. The molecule has 0 spiro atoms. The summed E-state index contributed by atoms with van der Waals surface area (Å²) in [4.78, 5) is 15.3. The highest BCUT2D eigenvalue weighted by atomic mass is 16.5. The van der Waals surface area contributed by atoms with Gasteiger partial charge in [0.2, 0.25) is 0 Å². The average Bonchev–Trinajstić information content (AvgIpc) is 2.67. The summed E-state index contributed by atoms with van der Waals surface area (Å²) in [6.07, 6.45) is 2.31. The normalized spacial score (nSPS) is 11.9. The zero-order chi connectivity index (χ0) is 19.8. The first kappa shape index (κ1) is 20.0. The molecule has 0 heterocycles. The van der Waals surface area contributed by atoms with Gasteiger partial charge >= 0.3 is 0 Å². The molecule has 0 aliphatic carbocycles.